The predicted octanol–water partition coefficient (Wildman–Crippen LogP) is 9.40. The third-order valence-corrected chi connectivity index (χ3v) is 13.6. The zero-order valence-corrected chi connectivity index (χ0v) is 38.4. The largest absolute Gasteiger partial charge is 0.507 e. The Bertz CT molecular complexity index is 3160. The topological polar surface area (TPSA) is 186 Å². The molecule has 6 aromatic rings. The summed E-state index contributed by atoms with van der Waals surface area (Å²) in [5, 5.41) is 14.0. The standard InChI is InChI=1S/C53H48N2O10S2/c1-3-38-30-40(21-25-47(38)54-33-36-13-6-4-7-14-36)52(46-19-10-11-20-50(46)67(61,62)63)41-22-26-48(42(31-41)35-64-2)55-34-37-15-12-18-44(29-37)66(59,60)28-27-51(57)65-43-23-24-45(49(56)32-43)53(58)39-16-8-5-9-17-39/h4-26,29-32,54,56H,3,27-28,33-35H2,1-2H3,(H,61,62,63). The number of ether oxygens (including phenoxy) is 2. The first-order valence-electron chi connectivity index (χ1n) is 21.3. The van der Waals surface area contributed by atoms with Gasteiger partial charge in [-0.1, -0.05) is 110 Å². The van der Waals surface area contributed by atoms with Crippen molar-refractivity contribution in [3.8, 4) is 11.5 Å². The predicted molar refractivity (Wildman–Crippen MR) is 259 cm³/mol. The SMILES string of the molecule is CCc1cc(C(=C2C=CC(=NCc3cccc(S(=O)(=O)CCC(=O)Oc4ccc(C(=O)c5ccccc5)c(O)c4)c3)C(COC)=C2)c2ccccc2S(=O)(=O)O)ccc1NCc1ccccc1. The van der Waals surface area contributed by atoms with Crippen LogP contribution in [0.5, 0.6) is 11.5 Å². The number of methoxy groups -OCH3 is 1. The number of esters is 1. The van der Waals surface area contributed by atoms with Crippen LogP contribution < -0.4 is 10.1 Å². The number of rotatable bonds is 18. The number of carbonyl (C=O) groups excluding carboxylic acids is 2. The Hall–Kier alpha value is -7.23. The fraction of sp³-hybridized carbons (Fsp3) is 0.151. The van der Waals surface area contributed by atoms with Crippen molar-refractivity contribution in [2.45, 2.75) is 42.6 Å². The second-order valence-corrected chi connectivity index (χ2v) is 19.1. The molecule has 0 aliphatic heterocycles. The van der Waals surface area contributed by atoms with Crippen LogP contribution in [0.25, 0.3) is 5.57 Å². The van der Waals surface area contributed by atoms with Crippen LogP contribution in [0.2, 0.25) is 0 Å². The lowest BCUT2D eigenvalue weighted by Gasteiger charge is -2.20. The van der Waals surface area contributed by atoms with E-state index in [4.69, 9.17) is 14.5 Å². The van der Waals surface area contributed by atoms with Crippen LogP contribution in [0.15, 0.2) is 190 Å². The number of allylic oxidation sites excluding steroid dienone is 4. The van der Waals surface area contributed by atoms with E-state index in [1.807, 2.05) is 67.6 Å². The molecular formula is C53H48N2O10S2. The quantitative estimate of drug-likeness (QED) is 0.0323. The van der Waals surface area contributed by atoms with Crippen molar-refractivity contribution in [1.82, 2.24) is 0 Å². The highest BCUT2D eigenvalue weighted by Crippen LogP contribution is 2.36. The van der Waals surface area contributed by atoms with E-state index in [1.165, 1.54) is 30.3 Å². The van der Waals surface area contributed by atoms with Crippen LogP contribution in [-0.2, 0) is 49.0 Å². The van der Waals surface area contributed by atoms with Crippen LogP contribution in [0.3, 0.4) is 0 Å². The molecule has 0 fully saturated rings. The van der Waals surface area contributed by atoms with E-state index >= 15 is 0 Å². The monoisotopic (exact) mass is 936 g/mol. The first kappa shape index (κ1) is 47.7. The summed E-state index contributed by atoms with van der Waals surface area (Å²) in [5.41, 5.74) is 7.51. The van der Waals surface area contributed by atoms with Gasteiger partial charge in [0.15, 0.2) is 15.6 Å². The minimum absolute atomic E-state index is 0.00800. The van der Waals surface area contributed by atoms with Gasteiger partial charge in [-0.3, -0.25) is 19.1 Å². The molecule has 0 amide bonds. The van der Waals surface area contributed by atoms with Gasteiger partial charge in [0, 0.05) is 42.1 Å². The molecule has 0 unspecified atom stereocenters. The summed E-state index contributed by atoms with van der Waals surface area (Å²) < 4.78 is 73.7. The summed E-state index contributed by atoms with van der Waals surface area (Å²) in [6.07, 6.45) is 5.68. The molecule has 1 aliphatic carbocycles. The zero-order valence-electron chi connectivity index (χ0n) is 36.8. The van der Waals surface area contributed by atoms with E-state index in [2.05, 4.69) is 5.32 Å². The van der Waals surface area contributed by atoms with E-state index in [-0.39, 0.29) is 40.0 Å². The molecule has 67 heavy (non-hydrogen) atoms. The highest BCUT2D eigenvalue weighted by Gasteiger charge is 2.24. The number of ketones is 1. The van der Waals surface area contributed by atoms with Crippen molar-refractivity contribution < 1.29 is 45.6 Å². The number of phenols is 1. The van der Waals surface area contributed by atoms with E-state index < -0.39 is 43.9 Å². The molecule has 0 atom stereocenters. The number of aryl methyl sites for hydroxylation is 1. The van der Waals surface area contributed by atoms with Gasteiger partial charge in [0.2, 0.25) is 0 Å². The minimum atomic E-state index is -4.63. The number of aromatic hydroxyl groups is 1. The maximum absolute atomic E-state index is 13.4. The summed E-state index contributed by atoms with van der Waals surface area (Å²) in [6, 6.07) is 40.7. The summed E-state index contributed by atoms with van der Waals surface area (Å²) >= 11 is 0. The number of nitrogens with one attached hydrogen (secondary N) is 1. The van der Waals surface area contributed by atoms with Gasteiger partial charge in [-0.15, -0.1) is 0 Å². The van der Waals surface area contributed by atoms with Gasteiger partial charge >= 0.3 is 5.97 Å². The summed E-state index contributed by atoms with van der Waals surface area (Å²) in [6.45, 7) is 2.89. The smallest absolute Gasteiger partial charge is 0.312 e. The van der Waals surface area contributed by atoms with Gasteiger partial charge in [0.05, 0.1) is 41.5 Å². The van der Waals surface area contributed by atoms with Crippen LogP contribution in [-0.4, -0.2) is 63.4 Å². The molecule has 0 spiro atoms. The third-order valence-electron chi connectivity index (χ3n) is 10.9. The van der Waals surface area contributed by atoms with Gasteiger partial charge in [0.1, 0.15) is 16.4 Å². The van der Waals surface area contributed by atoms with Gasteiger partial charge in [0.25, 0.3) is 10.1 Å². The molecule has 0 bridgehead atoms. The third kappa shape index (κ3) is 12.0. The molecule has 1 aliphatic rings. The first-order valence-corrected chi connectivity index (χ1v) is 24.4. The van der Waals surface area contributed by atoms with Crippen LogP contribution in [0.1, 0.15) is 57.1 Å². The number of carbonyl (C=O) groups is 2. The van der Waals surface area contributed by atoms with Crippen LogP contribution >= 0.6 is 0 Å². The number of benzene rings is 6. The van der Waals surface area contributed by atoms with E-state index in [0.717, 1.165) is 28.4 Å². The number of anilines is 1. The molecule has 0 heterocycles. The summed E-state index contributed by atoms with van der Waals surface area (Å²) in [5.74, 6) is -2.23. The Balaban J connectivity index is 1.10. The molecule has 0 aromatic heterocycles. The molecular weight excluding hydrogens is 889 g/mol. The van der Waals surface area contributed by atoms with Crippen LogP contribution in [0, 0.1) is 0 Å². The highest BCUT2D eigenvalue weighted by atomic mass is 32.2. The molecule has 342 valence electrons. The molecule has 12 nitrogen and oxygen atoms in total. The van der Waals surface area contributed by atoms with Crippen molar-refractivity contribution >= 4 is 48.7 Å². The first-order chi connectivity index (χ1) is 32.2. The van der Waals surface area contributed by atoms with Gasteiger partial charge in [-0.05, 0) is 94.4 Å². The van der Waals surface area contributed by atoms with E-state index in [0.29, 0.717) is 52.1 Å². The second kappa shape index (κ2) is 21.4. The molecule has 6 aromatic carbocycles. The molecule has 7 rings (SSSR count). The van der Waals surface area contributed by atoms with E-state index in [9.17, 15) is 36.1 Å². The summed E-state index contributed by atoms with van der Waals surface area (Å²) in [7, 11) is -7.05. The maximum atomic E-state index is 13.4. The molecule has 3 N–H and O–H groups in total. The number of sulfone groups is 1. The fourth-order valence-electron chi connectivity index (χ4n) is 7.59. The molecule has 0 saturated carbocycles. The number of hydrogen-bond acceptors (Lipinski definition) is 11. The van der Waals surface area contributed by atoms with E-state index in [1.54, 1.807) is 73.8 Å². The van der Waals surface area contributed by atoms with Crippen molar-refractivity contribution in [2.75, 3.05) is 24.8 Å². The zero-order chi connectivity index (χ0) is 47.6. The average Bonchev–Trinajstić information content (AvgIpc) is 3.33. The lowest BCUT2D eigenvalue weighted by atomic mass is 9.87. The lowest BCUT2D eigenvalue weighted by molar-refractivity contribution is -0.133. The highest BCUT2D eigenvalue weighted by molar-refractivity contribution is 7.91. The Labute approximate surface area is 390 Å². The number of hydrogen-bond donors (Lipinski definition) is 3. The fourth-order valence-corrected chi connectivity index (χ4v) is 9.58. The van der Waals surface area contributed by atoms with Crippen molar-refractivity contribution in [3.05, 3.63) is 214 Å². The van der Waals surface area contributed by atoms with Gasteiger partial charge in [-0.25, -0.2) is 8.42 Å². The maximum Gasteiger partial charge on any atom is 0.312 e. The Morgan fingerprint density at radius 1 is 0.731 bits per heavy atom. The summed E-state index contributed by atoms with van der Waals surface area (Å²) in [4.78, 5) is 30.1. The average molecular weight is 937 g/mol. The van der Waals surface area contributed by atoms with Crippen molar-refractivity contribution in [1.29, 1.82) is 0 Å². The minimum Gasteiger partial charge on any atom is -0.507 e. The number of nitrogens with zero attached hydrogens (tertiary/aromatic N) is 1. The molecule has 14 heteroatoms. The van der Waals surface area contributed by atoms with Crippen molar-refractivity contribution in [2.24, 2.45) is 4.99 Å². The second-order valence-electron chi connectivity index (χ2n) is 15.6. The number of aliphatic imine (C=N–C) groups is 1. The Morgan fingerprint density at radius 2 is 1.45 bits per heavy atom. The van der Waals surface area contributed by atoms with Gasteiger partial charge in [-0.2, -0.15) is 8.42 Å². The molecule has 0 radical (unpaired) electrons. The van der Waals surface area contributed by atoms with Crippen LogP contribution in [0.4, 0.5) is 5.69 Å². The Morgan fingerprint density at radius 3 is 2.16 bits per heavy atom. The number of phenolic OH excluding ortho intramolecular Hbond substituents is 1. The Kier molecular flexibility index (Phi) is 15.2. The normalized spacial score (nSPS) is 14.1. The van der Waals surface area contributed by atoms with Crippen molar-refractivity contribution in [3.63, 3.8) is 0 Å². The molecule has 0 saturated heterocycles. The lowest BCUT2D eigenvalue weighted by Crippen LogP contribution is -2.16. The van der Waals surface area contributed by atoms with Gasteiger partial charge < -0.3 is 19.9 Å².